The lowest BCUT2D eigenvalue weighted by molar-refractivity contribution is -0.137. The van der Waals surface area contributed by atoms with Crippen molar-refractivity contribution in [3.8, 4) is 0 Å². The SMILES string of the molecule is CC(C)(C)NC(CCC(=O)NC(CCC(=O)C(C)(C)C)C(=O)C(C)(C)C)C(=O)C(C)(C)C.CC(C)(C)NCc1ccc(CC(C(=O)C(C)(C)C)N(CC(=O)C(C)(C)C)CC(=O)C(C)(C)C)cc1. The monoisotopic (exact) mass is 939 g/mol. The van der Waals surface area contributed by atoms with Gasteiger partial charge in [-0.1, -0.05) is 149 Å². The number of carbonyl (C=O) groups is 7. The second kappa shape index (κ2) is 24.4. The van der Waals surface area contributed by atoms with E-state index in [1.807, 2.05) is 150 Å². The van der Waals surface area contributed by atoms with Crippen molar-refractivity contribution in [2.75, 3.05) is 13.1 Å². The maximum absolute atomic E-state index is 13.7. The molecule has 11 heteroatoms. The zero-order chi connectivity index (χ0) is 53.1. The molecule has 1 rings (SSSR count). The Morgan fingerprint density at radius 1 is 0.448 bits per heavy atom. The second-order valence-electron chi connectivity index (χ2n) is 27.1. The average Bonchev–Trinajstić information content (AvgIpc) is 3.12. The lowest BCUT2D eigenvalue weighted by atomic mass is 9.82. The fourth-order valence-corrected chi connectivity index (χ4v) is 6.69. The van der Waals surface area contributed by atoms with Crippen molar-refractivity contribution in [1.82, 2.24) is 20.9 Å². The van der Waals surface area contributed by atoms with Gasteiger partial charge < -0.3 is 16.0 Å². The summed E-state index contributed by atoms with van der Waals surface area (Å²) in [5.41, 5.74) is -1.43. The van der Waals surface area contributed by atoms with E-state index in [9.17, 15) is 33.6 Å². The third-order valence-corrected chi connectivity index (χ3v) is 11.3. The third kappa shape index (κ3) is 25.1. The lowest BCUT2D eigenvalue weighted by Gasteiger charge is -2.36. The third-order valence-electron chi connectivity index (χ3n) is 11.3. The number of rotatable bonds is 20. The average molecular weight is 939 g/mol. The van der Waals surface area contributed by atoms with Crippen LogP contribution in [-0.2, 0) is 46.5 Å². The Morgan fingerprint density at radius 2 is 0.821 bits per heavy atom. The minimum Gasteiger partial charge on any atom is -0.346 e. The van der Waals surface area contributed by atoms with Crippen molar-refractivity contribution in [3.05, 3.63) is 35.4 Å². The Hall–Kier alpha value is -3.41. The molecule has 384 valence electrons. The van der Waals surface area contributed by atoms with Crippen LogP contribution in [0.25, 0.3) is 0 Å². The van der Waals surface area contributed by atoms with Crippen molar-refractivity contribution in [1.29, 1.82) is 0 Å². The van der Waals surface area contributed by atoms with Crippen molar-refractivity contribution >= 4 is 40.6 Å². The summed E-state index contributed by atoms with van der Waals surface area (Å²) in [5, 5.41) is 9.67. The van der Waals surface area contributed by atoms with E-state index in [0.29, 0.717) is 12.8 Å². The van der Waals surface area contributed by atoms with Crippen LogP contribution in [0.2, 0.25) is 0 Å². The summed E-state index contributed by atoms with van der Waals surface area (Å²) in [6, 6.07) is 6.53. The van der Waals surface area contributed by atoms with Gasteiger partial charge in [-0.05, 0) is 71.9 Å². The molecule has 0 radical (unpaired) electrons. The fraction of sp³-hybridized carbons (Fsp3) is 0.768. The molecule has 0 aliphatic heterocycles. The first-order valence-corrected chi connectivity index (χ1v) is 24.5. The molecule has 1 amide bonds. The minimum atomic E-state index is -0.721. The van der Waals surface area contributed by atoms with E-state index in [1.54, 1.807) is 0 Å². The normalized spacial score (nSPS) is 14.6. The van der Waals surface area contributed by atoms with Crippen molar-refractivity contribution in [2.45, 2.75) is 234 Å². The molecule has 0 bridgehead atoms. The van der Waals surface area contributed by atoms with Crippen LogP contribution in [0.5, 0.6) is 0 Å². The molecule has 0 spiro atoms. The Bertz CT molecular complexity index is 1790. The summed E-state index contributed by atoms with van der Waals surface area (Å²) < 4.78 is 0. The van der Waals surface area contributed by atoms with E-state index in [0.717, 1.165) is 12.1 Å². The highest BCUT2D eigenvalue weighted by atomic mass is 16.2. The van der Waals surface area contributed by atoms with Crippen LogP contribution in [0.1, 0.15) is 203 Å². The van der Waals surface area contributed by atoms with E-state index in [-0.39, 0.29) is 84.0 Å². The molecule has 0 aliphatic rings. The standard InChI is InChI=1S/C30H50N2O3.C26H48N2O4/c1-27(2,3)24(33)19-32(20-25(34)28(4,5)6)23(26(35)29(7,8)9)17-21-13-15-22(16-14-21)18-31-30(10,11)12;1-23(2,3)19(29)15-13-17(21(31)24(4,5)6)27-20(30)16-14-18(28-26(10,11)12)22(32)25(7,8)9/h13-16,23,31H,17-20H2,1-12H3;17-18,28H,13-16H2,1-12H3,(H,27,30). The quantitative estimate of drug-likeness (QED) is 0.115. The Balaban J connectivity index is 0.00000131. The van der Waals surface area contributed by atoms with Crippen molar-refractivity contribution < 1.29 is 33.6 Å². The molecular formula is C56H98N4O7. The van der Waals surface area contributed by atoms with Gasteiger partial charge in [-0.15, -0.1) is 0 Å². The Labute approximate surface area is 408 Å². The number of amides is 1. The summed E-state index contributed by atoms with van der Waals surface area (Å²) in [4.78, 5) is 92.6. The summed E-state index contributed by atoms with van der Waals surface area (Å²) in [7, 11) is 0. The molecule has 0 heterocycles. The number of ketones is 6. The first kappa shape index (κ1) is 63.6. The van der Waals surface area contributed by atoms with Crippen LogP contribution in [-0.4, -0.2) is 87.8 Å². The summed E-state index contributed by atoms with van der Waals surface area (Å²) in [5.74, 6) is -0.175. The van der Waals surface area contributed by atoms with Gasteiger partial charge in [0.05, 0.1) is 31.2 Å². The number of benzene rings is 1. The van der Waals surface area contributed by atoms with E-state index < -0.39 is 50.6 Å². The number of Topliss-reactive ketones (excluding diaryl/α,β-unsaturated/α-hetero) is 6. The summed E-state index contributed by atoms with van der Waals surface area (Å²) in [6.07, 6.45) is 1.43. The zero-order valence-corrected chi connectivity index (χ0v) is 47.0. The minimum absolute atomic E-state index is 0.0227. The second-order valence-corrected chi connectivity index (χ2v) is 27.1. The zero-order valence-electron chi connectivity index (χ0n) is 47.0. The van der Waals surface area contributed by atoms with E-state index in [2.05, 4.69) is 61.0 Å². The van der Waals surface area contributed by atoms with E-state index in [1.165, 1.54) is 5.56 Å². The molecule has 3 N–H and O–H groups in total. The summed E-state index contributed by atoms with van der Waals surface area (Å²) in [6.45, 7) is 46.9. The van der Waals surface area contributed by atoms with Gasteiger partial charge in [-0.3, -0.25) is 38.5 Å². The van der Waals surface area contributed by atoms with Gasteiger partial charge in [0.25, 0.3) is 0 Å². The molecule has 0 aromatic heterocycles. The van der Waals surface area contributed by atoms with Gasteiger partial charge in [-0.25, -0.2) is 0 Å². The van der Waals surface area contributed by atoms with Crippen LogP contribution in [0.4, 0.5) is 0 Å². The predicted molar refractivity (Wildman–Crippen MR) is 276 cm³/mol. The number of carbonyl (C=O) groups excluding carboxylic acids is 7. The Morgan fingerprint density at radius 3 is 1.18 bits per heavy atom. The topological polar surface area (TPSA) is 159 Å². The molecule has 1 aromatic rings. The molecule has 67 heavy (non-hydrogen) atoms. The van der Waals surface area contributed by atoms with Gasteiger partial charge in [0.15, 0.2) is 28.9 Å². The molecule has 0 saturated heterocycles. The number of hydrogen-bond acceptors (Lipinski definition) is 10. The predicted octanol–water partition coefficient (Wildman–Crippen LogP) is 10.3. The molecule has 0 fully saturated rings. The lowest BCUT2D eigenvalue weighted by Crippen LogP contribution is -2.53. The molecule has 3 atom stereocenters. The maximum atomic E-state index is 13.7. The number of nitrogens with one attached hydrogen (secondary N) is 3. The number of nitrogens with zero attached hydrogens (tertiary/aromatic N) is 1. The Kier molecular flexibility index (Phi) is 23.2. The highest BCUT2D eigenvalue weighted by Crippen LogP contribution is 2.27. The highest BCUT2D eigenvalue weighted by molar-refractivity contribution is 5.94. The first-order chi connectivity index (χ1) is 29.7. The van der Waals surface area contributed by atoms with Crippen LogP contribution < -0.4 is 16.0 Å². The van der Waals surface area contributed by atoms with Crippen LogP contribution in [0, 0.1) is 32.5 Å². The molecule has 0 saturated carbocycles. The fourth-order valence-electron chi connectivity index (χ4n) is 6.69. The number of hydrogen-bond donors (Lipinski definition) is 3. The van der Waals surface area contributed by atoms with Gasteiger partial charge >= 0.3 is 0 Å². The van der Waals surface area contributed by atoms with Crippen LogP contribution >= 0.6 is 0 Å². The van der Waals surface area contributed by atoms with E-state index in [4.69, 9.17) is 0 Å². The molecular weight excluding hydrogens is 841 g/mol. The molecule has 11 nitrogen and oxygen atoms in total. The largest absolute Gasteiger partial charge is 0.346 e. The maximum Gasteiger partial charge on any atom is 0.220 e. The van der Waals surface area contributed by atoms with Crippen molar-refractivity contribution in [2.24, 2.45) is 32.5 Å². The highest BCUT2D eigenvalue weighted by Gasteiger charge is 2.39. The van der Waals surface area contributed by atoms with Crippen LogP contribution in [0.3, 0.4) is 0 Å². The molecule has 3 unspecified atom stereocenters. The first-order valence-electron chi connectivity index (χ1n) is 24.5. The van der Waals surface area contributed by atoms with Crippen molar-refractivity contribution in [3.63, 3.8) is 0 Å². The van der Waals surface area contributed by atoms with Crippen LogP contribution in [0.15, 0.2) is 24.3 Å². The molecule has 0 aliphatic carbocycles. The van der Waals surface area contributed by atoms with E-state index >= 15 is 0 Å². The smallest absolute Gasteiger partial charge is 0.220 e. The van der Waals surface area contributed by atoms with Gasteiger partial charge in [0, 0.05) is 63.0 Å². The summed E-state index contributed by atoms with van der Waals surface area (Å²) >= 11 is 0. The molecule has 1 aromatic carbocycles. The van der Waals surface area contributed by atoms with Gasteiger partial charge in [-0.2, -0.15) is 0 Å². The van der Waals surface area contributed by atoms with Gasteiger partial charge in [0.2, 0.25) is 5.91 Å². The van der Waals surface area contributed by atoms with Gasteiger partial charge in [0.1, 0.15) is 5.78 Å².